The number of amides is 1. The van der Waals surface area contributed by atoms with Crippen molar-refractivity contribution in [3.8, 4) is 16.4 Å². The largest absolute Gasteiger partial charge is 0.305 e. The maximum Gasteiger partial charge on any atom is 0.297 e. The Kier molecular flexibility index (Phi) is 4.02. The summed E-state index contributed by atoms with van der Waals surface area (Å²) in [5, 5.41) is 6.42. The van der Waals surface area contributed by atoms with E-state index < -0.39 is 0 Å². The predicted molar refractivity (Wildman–Crippen MR) is 106 cm³/mol. The number of hydrogen-bond acceptors (Lipinski definition) is 4. The Morgan fingerprint density at radius 3 is 2.64 bits per heavy atom. The average molecular weight is 390 g/mol. The van der Waals surface area contributed by atoms with E-state index in [1.165, 1.54) is 23.5 Å². The van der Waals surface area contributed by atoms with Gasteiger partial charge in [-0.2, -0.15) is 0 Å². The minimum Gasteiger partial charge on any atom is -0.305 e. The molecule has 4 aromatic rings. The smallest absolute Gasteiger partial charge is 0.297 e. The first-order valence-electron chi connectivity index (χ1n) is 8.87. The van der Waals surface area contributed by atoms with E-state index in [1.54, 1.807) is 21.7 Å². The van der Waals surface area contributed by atoms with Gasteiger partial charge in [0.25, 0.3) is 5.91 Å². The van der Waals surface area contributed by atoms with Crippen molar-refractivity contribution < 1.29 is 9.18 Å². The van der Waals surface area contributed by atoms with Crippen LogP contribution in [-0.2, 0) is 6.42 Å². The summed E-state index contributed by atoms with van der Waals surface area (Å²) in [5.41, 5.74) is 2.70. The summed E-state index contributed by atoms with van der Waals surface area (Å²) in [4.78, 5) is 20.3. The molecule has 3 heterocycles. The summed E-state index contributed by atoms with van der Waals surface area (Å²) in [6.07, 6.45) is 0.818. The fraction of sp³-hybridized carbons (Fsp3) is 0.0952. The third kappa shape index (κ3) is 2.80. The quantitative estimate of drug-likeness (QED) is 0.523. The summed E-state index contributed by atoms with van der Waals surface area (Å²) in [6, 6.07) is 17.7. The molecule has 0 unspecified atom stereocenters. The molecule has 7 heteroatoms. The van der Waals surface area contributed by atoms with Crippen LogP contribution in [0.5, 0.6) is 0 Å². The van der Waals surface area contributed by atoms with E-state index in [9.17, 15) is 9.18 Å². The van der Waals surface area contributed by atoms with Crippen LogP contribution >= 0.6 is 11.3 Å². The minimum atomic E-state index is -0.327. The van der Waals surface area contributed by atoms with Gasteiger partial charge in [0.05, 0.1) is 10.6 Å². The number of carbonyl (C=O) groups is 1. The highest BCUT2D eigenvalue weighted by molar-refractivity contribution is 7.13. The lowest BCUT2D eigenvalue weighted by molar-refractivity contribution is 0.0979. The van der Waals surface area contributed by atoms with Crippen molar-refractivity contribution in [2.45, 2.75) is 6.42 Å². The molecule has 2 aromatic carbocycles. The summed E-state index contributed by atoms with van der Waals surface area (Å²) >= 11 is 1.51. The highest BCUT2D eigenvalue weighted by Gasteiger charge is 2.29. The van der Waals surface area contributed by atoms with Crippen molar-refractivity contribution in [2.24, 2.45) is 0 Å². The third-order valence-electron chi connectivity index (χ3n) is 4.74. The Hall–Kier alpha value is -3.32. The number of hydrogen-bond donors (Lipinski definition) is 0. The summed E-state index contributed by atoms with van der Waals surface area (Å²) in [5.74, 6) is 0.136. The van der Waals surface area contributed by atoms with Crippen molar-refractivity contribution in [3.63, 3.8) is 0 Å². The highest BCUT2D eigenvalue weighted by atomic mass is 32.1. The monoisotopic (exact) mass is 390 g/mol. The molecule has 0 aliphatic carbocycles. The third-order valence-corrected chi connectivity index (χ3v) is 5.61. The number of thiophene rings is 1. The number of benzene rings is 2. The van der Waals surface area contributed by atoms with Crippen LogP contribution in [0.25, 0.3) is 16.4 Å². The predicted octanol–water partition coefficient (Wildman–Crippen LogP) is 4.34. The molecule has 138 valence electrons. The van der Waals surface area contributed by atoms with Gasteiger partial charge in [-0.05, 0) is 53.8 Å². The van der Waals surface area contributed by atoms with Gasteiger partial charge in [0.15, 0.2) is 5.82 Å². The van der Waals surface area contributed by atoms with E-state index in [4.69, 9.17) is 0 Å². The second kappa shape index (κ2) is 6.69. The number of anilines is 1. The van der Waals surface area contributed by atoms with Gasteiger partial charge >= 0.3 is 0 Å². The Morgan fingerprint density at radius 1 is 1.04 bits per heavy atom. The van der Waals surface area contributed by atoms with Gasteiger partial charge in [-0.15, -0.1) is 16.4 Å². The first-order valence-corrected chi connectivity index (χ1v) is 9.75. The lowest BCUT2D eigenvalue weighted by atomic mass is 10.2. The van der Waals surface area contributed by atoms with Gasteiger partial charge in [-0.25, -0.2) is 14.1 Å². The maximum atomic E-state index is 13.4. The van der Waals surface area contributed by atoms with Crippen molar-refractivity contribution in [1.29, 1.82) is 0 Å². The Bertz CT molecular complexity index is 1150. The zero-order valence-corrected chi connectivity index (χ0v) is 15.6. The molecule has 28 heavy (non-hydrogen) atoms. The van der Waals surface area contributed by atoms with Crippen LogP contribution in [0.15, 0.2) is 66.0 Å². The lowest BCUT2D eigenvalue weighted by Gasteiger charge is -2.14. The zero-order chi connectivity index (χ0) is 19.1. The Balaban J connectivity index is 1.59. The minimum absolute atomic E-state index is 0.129. The van der Waals surface area contributed by atoms with Gasteiger partial charge in [-0.1, -0.05) is 24.3 Å². The average Bonchev–Trinajstić information content (AvgIpc) is 3.46. The molecule has 1 aliphatic heterocycles. The molecule has 5 nitrogen and oxygen atoms in total. The van der Waals surface area contributed by atoms with Gasteiger partial charge in [0, 0.05) is 12.2 Å². The van der Waals surface area contributed by atoms with E-state index in [2.05, 4.69) is 10.1 Å². The van der Waals surface area contributed by atoms with Gasteiger partial charge in [0.1, 0.15) is 5.82 Å². The molecular weight excluding hydrogens is 375 g/mol. The van der Waals surface area contributed by atoms with Crippen LogP contribution in [0.4, 0.5) is 10.1 Å². The molecule has 1 amide bonds. The lowest BCUT2D eigenvalue weighted by Crippen LogP contribution is -2.30. The first kappa shape index (κ1) is 16.8. The molecule has 2 aromatic heterocycles. The van der Waals surface area contributed by atoms with Gasteiger partial charge in [0.2, 0.25) is 5.82 Å². The second-order valence-electron chi connectivity index (χ2n) is 6.46. The molecule has 0 saturated carbocycles. The number of fused-ring (bicyclic) bond motifs is 1. The molecule has 0 spiro atoms. The molecule has 0 radical (unpaired) electrons. The number of nitrogens with zero attached hydrogens (tertiary/aromatic N) is 4. The molecule has 0 saturated heterocycles. The highest BCUT2D eigenvalue weighted by Crippen LogP contribution is 2.30. The van der Waals surface area contributed by atoms with Crippen molar-refractivity contribution >= 4 is 22.9 Å². The number of halogens is 1. The second-order valence-corrected chi connectivity index (χ2v) is 7.41. The standard InChI is InChI=1S/C21H15FN4OS/c22-15-7-9-16(10-8-15)26-20(18-6-3-13-28-18)23-19(24-26)21(27)25-12-11-14-4-1-2-5-17(14)25/h1-10,13H,11-12H2. The zero-order valence-electron chi connectivity index (χ0n) is 14.7. The molecule has 0 fully saturated rings. The van der Waals surface area contributed by atoms with E-state index in [0.717, 1.165) is 22.5 Å². The normalized spacial score (nSPS) is 13.0. The fourth-order valence-corrected chi connectivity index (χ4v) is 4.10. The van der Waals surface area contributed by atoms with Gasteiger partial charge < -0.3 is 4.90 Å². The molecule has 5 rings (SSSR count). The SMILES string of the molecule is O=C(c1nc(-c2cccs2)n(-c2ccc(F)cc2)n1)N1CCc2ccccc21. The molecule has 0 bridgehead atoms. The summed E-state index contributed by atoms with van der Waals surface area (Å²) < 4.78 is 14.9. The molecule has 1 aliphatic rings. The van der Waals surface area contributed by atoms with Crippen molar-refractivity contribution in [3.05, 3.63) is 83.2 Å². The molecule has 0 N–H and O–H groups in total. The first-order chi connectivity index (χ1) is 13.7. The van der Waals surface area contributed by atoms with Crippen molar-refractivity contribution in [1.82, 2.24) is 14.8 Å². The van der Waals surface area contributed by atoms with Crippen LogP contribution in [0.1, 0.15) is 16.2 Å². The summed E-state index contributed by atoms with van der Waals surface area (Å²) in [7, 11) is 0. The molecule has 0 atom stereocenters. The van der Waals surface area contributed by atoms with E-state index in [0.29, 0.717) is 18.1 Å². The van der Waals surface area contributed by atoms with Crippen LogP contribution < -0.4 is 4.90 Å². The van der Waals surface area contributed by atoms with E-state index in [-0.39, 0.29) is 17.5 Å². The molecular formula is C21H15FN4OS. The van der Waals surface area contributed by atoms with Crippen LogP contribution in [0.2, 0.25) is 0 Å². The Labute approximate surface area is 164 Å². The number of para-hydroxylation sites is 1. The van der Waals surface area contributed by atoms with E-state index >= 15 is 0 Å². The van der Waals surface area contributed by atoms with Crippen LogP contribution in [0.3, 0.4) is 0 Å². The van der Waals surface area contributed by atoms with Crippen LogP contribution in [0, 0.1) is 5.82 Å². The Morgan fingerprint density at radius 2 is 1.86 bits per heavy atom. The maximum absolute atomic E-state index is 13.4. The van der Waals surface area contributed by atoms with Crippen molar-refractivity contribution in [2.75, 3.05) is 11.4 Å². The van der Waals surface area contributed by atoms with Crippen LogP contribution in [-0.4, -0.2) is 27.2 Å². The number of carbonyl (C=O) groups excluding carboxylic acids is 1. The van der Waals surface area contributed by atoms with Gasteiger partial charge in [-0.3, -0.25) is 4.79 Å². The number of rotatable bonds is 3. The number of aromatic nitrogens is 3. The van der Waals surface area contributed by atoms with E-state index in [1.807, 2.05) is 41.8 Å². The fourth-order valence-electron chi connectivity index (χ4n) is 3.40. The topological polar surface area (TPSA) is 51.0 Å². The summed E-state index contributed by atoms with van der Waals surface area (Å²) in [6.45, 7) is 0.609.